The number of para-hydroxylation sites is 2. The van der Waals surface area contributed by atoms with Crippen molar-refractivity contribution in [1.29, 1.82) is 0 Å². The molecule has 0 fully saturated rings. The number of carbonyl (C=O) groups excluding carboxylic acids is 1. The van der Waals surface area contributed by atoms with Crippen molar-refractivity contribution >= 4 is 23.4 Å². The minimum absolute atomic E-state index is 0.122. The van der Waals surface area contributed by atoms with Crippen LogP contribution in [-0.2, 0) is 4.79 Å². The van der Waals surface area contributed by atoms with E-state index in [9.17, 15) is 4.79 Å². The predicted octanol–water partition coefficient (Wildman–Crippen LogP) is 5.06. The maximum atomic E-state index is 13.3. The topological polar surface area (TPSA) is 86.7 Å². The highest BCUT2D eigenvalue weighted by atomic mass is 32.2. The number of carbonyl (C=O) groups is 1. The molecule has 34 heavy (non-hydrogen) atoms. The molecule has 2 aromatic carbocycles. The van der Waals surface area contributed by atoms with Gasteiger partial charge in [0.25, 0.3) is 0 Å². The van der Waals surface area contributed by atoms with Crippen molar-refractivity contribution < 1.29 is 19.0 Å². The Morgan fingerprint density at radius 2 is 2.03 bits per heavy atom. The van der Waals surface area contributed by atoms with Gasteiger partial charge in [0.05, 0.1) is 25.0 Å². The molecule has 2 heterocycles. The first-order chi connectivity index (χ1) is 16.6. The van der Waals surface area contributed by atoms with Gasteiger partial charge in [0.15, 0.2) is 17.2 Å². The molecule has 8 nitrogen and oxygen atoms in total. The Bertz CT molecular complexity index is 1200. The second-order valence-corrected chi connectivity index (χ2v) is 8.25. The third kappa shape index (κ3) is 4.43. The molecule has 1 atom stereocenters. The van der Waals surface area contributed by atoms with E-state index in [0.717, 1.165) is 0 Å². The highest BCUT2D eigenvalue weighted by molar-refractivity contribution is 7.99. The molecule has 9 heteroatoms. The fourth-order valence-electron chi connectivity index (χ4n) is 3.77. The lowest BCUT2D eigenvalue weighted by molar-refractivity contribution is -0.120. The van der Waals surface area contributed by atoms with Crippen LogP contribution in [-0.4, -0.2) is 40.6 Å². The number of hydrogen-bond acceptors (Lipinski definition) is 8. The second kappa shape index (κ2) is 10.6. The number of anilines is 1. The highest BCUT2D eigenvalue weighted by Gasteiger charge is 2.37. The summed E-state index contributed by atoms with van der Waals surface area (Å²) in [7, 11) is 1.57. The van der Waals surface area contributed by atoms with E-state index in [1.807, 2.05) is 56.3 Å². The van der Waals surface area contributed by atoms with E-state index in [0.29, 0.717) is 51.5 Å². The first-order valence-electron chi connectivity index (χ1n) is 11.0. The van der Waals surface area contributed by atoms with E-state index in [-0.39, 0.29) is 18.2 Å². The lowest BCUT2D eigenvalue weighted by Crippen LogP contribution is -2.37. The standard InChI is InChI=1S/C25H26N4O4S/c1-5-15-34-25-26-23-21(27-28-25)16-11-8-9-13-18(16)29(20(30)6-2)24(33-23)17-12-10-14-19(32-7-3)22(17)31-4/h5,8-14,24H,1,6-7,15H2,2-4H3. The van der Waals surface area contributed by atoms with Crippen LogP contribution in [0.5, 0.6) is 17.4 Å². The van der Waals surface area contributed by atoms with Gasteiger partial charge in [0.2, 0.25) is 23.2 Å². The smallest absolute Gasteiger partial charge is 0.247 e. The van der Waals surface area contributed by atoms with Crippen LogP contribution in [0.15, 0.2) is 60.3 Å². The minimum Gasteiger partial charge on any atom is -0.492 e. The number of nitrogens with zero attached hydrogens (tertiary/aromatic N) is 4. The number of ether oxygens (including phenoxy) is 3. The molecule has 4 rings (SSSR count). The van der Waals surface area contributed by atoms with Crippen LogP contribution in [0.1, 0.15) is 32.1 Å². The van der Waals surface area contributed by atoms with Crippen molar-refractivity contribution in [3.05, 3.63) is 60.7 Å². The third-order valence-electron chi connectivity index (χ3n) is 5.19. The zero-order valence-corrected chi connectivity index (χ0v) is 20.2. The average Bonchev–Trinajstić information content (AvgIpc) is 3.01. The first-order valence-corrected chi connectivity index (χ1v) is 12.0. The van der Waals surface area contributed by atoms with E-state index in [2.05, 4.69) is 21.8 Å². The largest absolute Gasteiger partial charge is 0.492 e. The molecule has 0 saturated carbocycles. The summed E-state index contributed by atoms with van der Waals surface area (Å²) in [6.45, 7) is 7.93. The molecule has 0 saturated heterocycles. The Morgan fingerprint density at radius 1 is 1.21 bits per heavy atom. The van der Waals surface area contributed by atoms with Gasteiger partial charge in [-0.15, -0.1) is 16.8 Å². The van der Waals surface area contributed by atoms with Crippen LogP contribution in [0, 0.1) is 0 Å². The summed E-state index contributed by atoms with van der Waals surface area (Å²) in [5, 5.41) is 9.14. The molecule has 0 spiro atoms. The first kappa shape index (κ1) is 23.6. The van der Waals surface area contributed by atoms with E-state index in [4.69, 9.17) is 14.2 Å². The van der Waals surface area contributed by atoms with Gasteiger partial charge in [0, 0.05) is 17.7 Å². The number of methoxy groups -OCH3 is 1. The summed E-state index contributed by atoms with van der Waals surface area (Å²) >= 11 is 1.40. The monoisotopic (exact) mass is 478 g/mol. The van der Waals surface area contributed by atoms with E-state index < -0.39 is 6.23 Å². The van der Waals surface area contributed by atoms with Crippen molar-refractivity contribution in [1.82, 2.24) is 15.2 Å². The van der Waals surface area contributed by atoms with Crippen molar-refractivity contribution in [2.45, 2.75) is 31.7 Å². The van der Waals surface area contributed by atoms with Gasteiger partial charge in [-0.25, -0.2) is 0 Å². The van der Waals surface area contributed by atoms with E-state index in [1.54, 1.807) is 18.1 Å². The van der Waals surface area contributed by atoms with Crippen LogP contribution in [0.25, 0.3) is 11.3 Å². The number of thioether (sulfide) groups is 1. The van der Waals surface area contributed by atoms with Gasteiger partial charge in [-0.2, -0.15) is 4.98 Å². The molecule has 176 valence electrons. The molecule has 0 radical (unpaired) electrons. The second-order valence-electron chi connectivity index (χ2n) is 7.26. The summed E-state index contributed by atoms with van der Waals surface area (Å²) in [6.07, 6.45) is 1.18. The van der Waals surface area contributed by atoms with Crippen molar-refractivity contribution in [2.75, 3.05) is 24.4 Å². The van der Waals surface area contributed by atoms with Crippen LogP contribution < -0.4 is 19.1 Å². The SMILES string of the molecule is C=CCSc1nnc2c(n1)OC(c1cccc(OCC)c1OC)N(C(=O)CC)c1ccccc1-2. The Hall–Kier alpha value is -3.59. The van der Waals surface area contributed by atoms with Crippen molar-refractivity contribution in [3.63, 3.8) is 0 Å². The zero-order valence-electron chi connectivity index (χ0n) is 19.4. The summed E-state index contributed by atoms with van der Waals surface area (Å²) in [6, 6.07) is 13.0. The van der Waals surface area contributed by atoms with Crippen LogP contribution in [0.4, 0.5) is 5.69 Å². The summed E-state index contributed by atoms with van der Waals surface area (Å²) < 4.78 is 18.0. The highest BCUT2D eigenvalue weighted by Crippen LogP contribution is 2.46. The minimum atomic E-state index is -0.862. The Balaban J connectivity index is 1.95. The molecule has 0 N–H and O–H groups in total. The molecular formula is C25H26N4O4S. The molecular weight excluding hydrogens is 452 g/mol. The van der Waals surface area contributed by atoms with E-state index in [1.165, 1.54) is 11.8 Å². The number of amides is 1. The number of hydrogen-bond donors (Lipinski definition) is 0. The van der Waals surface area contributed by atoms with Gasteiger partial charge < -0.3 is 14.2 Å². The number of aromatic nitrogens is 3. The van der Waals surface area contributed by atoms with E-state index >= 15 is 0 Å². The van der Waals surface area contributed by atoms with Crippen molar-refractivity contribution in [2.24, 2.45) is 0 Å². The van der Waals surface area contributed by atoms with Gasteiger partial charge in [-0.05, 0) is 25.1 Å². The summed E-state index contributed by atoms with van der Waals surface area (Å²) in [5.74, 6) is 1.85. The number of rotatable bonds is 8. The fourth-order valence-corrected chi connectivity index (χ4v) is 4.28. The lowest BCUT2D eigenvalue weighted by atomic mass is 10.1. The molecule has 1 aliphatic heterocycles. The number of benzene rings is 2. The van der Waals surface area contributed by atoms with Gasteiger partial charge >= 0.3 is 0 Å². The predicted molar refractivity (Wildman–Crippen MR) is 131 cm³/mol. The molecule has 0 aliphatic carbocycles. The normalized spacial score (nSPS) is 14.3. The summed E-state index contributed by atoms with van der Waals surface area (Å²) in [4.78, 5) is 19.6. The maximum absolute atomic E-state index is 13.3. The van der Waals surface area contributed by atoms with Gasteiger partial charge in [0.1, 0.15) is 0 Å². The zero-order chi connectivity index (χ0) is 24.1. The van der Waals surface area contributed by atoms with Crippen LogP contribution >= 0.6 is 11.8 Å². The van der Waals surface area contributed by atoms with Crippen LogP contribution in [0.2, 0.25) is 0 Å². The number of fused-ring (bicyclic) bond motifs is 3. The molecule has 1 aromatic heterocycles. The maximum Gasteiger partial charge on any atom is 0.247 e. The van der Waals surface area contributed by atoms with Crippen molar-refractivity contribution in [3.8, 4) is 28.6 Å². The Labute approximate surface area is 203 Å². The van der Waals surface area contributed by atoms with Crippen LogP contribution in [0.3, 0.4) is 0 Å². The average molecular weight is 479 g/mol. The third-order valence-corrected chi connectivity index (χ3v) is 6.03. The Morgan fingerprint density at radius 3 is 2.76 bits per heavy atom. The van der Waals surface area contributed by atoms with Gasteiger partial charge in [-0.1, -0.05) is 49.0 Å². The molecule has 0 bridgehead atoms. The lowest BCUT2D eigenvalue weighted by Gasteiger charge is -2.31. The molecule has 3 aromatic rings. The fraction of sp³-hybridized carbons (Fsp3) is 0.280. The molecule has 1 unspecified atom stereocenters. The molecule has 1 amide bonds. The quantitative estimate of drug-likeness (QED) is 0.328. The molecule has 1 aliphatic rings. The summed E-state index contributed by atoms with van der Waals surface area (Å²) in [5.41, 5.74) is 2.47. The van der Waals surface area contributed by atoms with Gasteiger partial charge in [-0.3, -0.25) is 9.69 Å². The Kier molecular flexibility index (Phi) is 7.32.